The van der Waals surface area contributed by atoms with Gasteiger partial charge in [0.05, 0.1) is 0 Å². The average Bonchev–Trinajstić information content (AvgIpc) is 2.83. The third-order valence-corrected chi connectivity index (χ3v) is 4.99. The van der Waals surface area contributed by atoms with Crippen LogP contribution in [0.4, 0.5) is 0 Å². The van der Waals surface area contributed by atoms with Gasteiger partial charge in [0.15, 0.2) is 0 Å². The molecule has 2 nitrogen and oxygen atoms in total. The summed E-state index contributed by atoms with van der Waals surface area (Å²) in [6, 6.07) is 7.00. The highest BCUT2D eigenvalue weighted by Gasteiger charge is 2.27. The molecule has 1 aliphatic heterocycles. The van der Waals surface area contributed by atoms with Crippen molar-refractivity contribution < 1.29 is 0 Å². The number of hydrogen-bond acceptors (Lipinski definition) is 2. The van der Waals surface area contributed by atoms with Gasteiger partial charge < -0.3 is 5.73 Å². The number of likely N-dealkylation sites (tertiary alicyclic amines) is 1. The molecule has 0 bridgehead atoms. The predicted octanol–water partition coefficient (Wildman–Crippen LogP) is 3.49. The lowest BCUT2D eigenvalue weighted by Gasteiger charge is -2.27. The molecule has 3 heteroatoms. The first-order valence-corrected chi connectivity index (χ1v) is 7.65. The first kappa shape index (κ1) is 14.0. The summed E-state index contributed by atoms with van der Waals surface area (Å²) in [6.07, 6.45) is 2.60. The molecule has 18 heavy (non-hydrogen) atoms. The molecule has 1 saturated heterocycles. The van der Waals surface area contributed by atoms with E-state index in [2.05, 4.69) is 52.9 Å². The first-order chi connectivity index (χ1) is 8.65. The fourth-order valence-corrected chi connectivity index (χ4v) is 3.19. The van der Waals surface area contributed by atoms with E-state index in [0.717, 1.165) is 5.92 Å². The van der Waals surface area contributed by atoms with Crippen LogP contribution in [-0.4, -0.2) is 24.5 Å². The van der Waals surface area contributed by atoms with Gasteiger partial charge in [-0.25, -0.2) is 0 Å². The molecule has 2 N–H and O–H groups in total. The maximum atomic E-state index is 6.00. The Labute approximate surface area is 119 Å². The van der Waals surface area contributed by atoms with Crippen LogP contribution in [-0.2, 0) is 0 Å². The third kappa shape index (κ3) is 2.95. The van der Waals surface area contributed by atoms with Crippen LogP contribution in [0.5, 0.6) is 0 Å². The number of rotatable bonds is 4. The summed E-state index contributed by atoms with van der Waals surface area (Å²) in [5.74, 6) is 0.855. The van der Waals surface area contributed by atoms with Crippen molar-refractivity contribution in [1.82, 2.24) is 4.90 Å². The summed E-state index contributed by atoms with van der Waals surface area (Å²) in [5, 5.41) is 0. The van der Waals surface area contributed by atoms with E-state index in [0.29, 0.717) is 12.6 Å². The quantitative estimate of drug-likeness (QED) is 0.922. The lowest BCUT2D eigenvalue weighted by molar-refractivity contribution is 0.241. The Balaban J connectivity index is 2.15. The Morgan fingerprint density at radius 1 is 1.50 bits per heavy atom. The topological polar surface area (TPSA) is 29.3 Å². The summed E-state index contributed by atoms with van der Waals surface area (Å²) in [4.78, 5) is 2.55. The molecule has 0 aromatic heterocycles. The summed E-state index contributed by atoms with van der Waals surface area (Å²) in [6.45, 7) is 7.49. The fourth-order valence-electron chi connectivity index (χ4n) is 2.79. The Bertz CT molecular complexity index is 405. The second-order valence-corrected chi connectivity index (χ2v) is 6.17. The van der Waals surface area contributed by atoms with E-state index >= 15 is 0 Å². The van der Waals surface area contributed by atoms with Crippen molar-refractivity contribution in [1.29, 1.82) is 0 Å². The minimum atomic E-state index is 0.374. The first-order valence-electron chi connectivity index (χ1n) is 6.85. The molecule has 0 aliphatic carbocycles. The van der Waals surface area contributed by atoms with Crippen LogP contribution in [0.1, 0.15) is 36.9 Å². The lowest BCUT2D eigenvalue weighted by Crippen LogP contribution is -2.32. The minimum Gasteiger partial charge on any atom is -0.329 e. The second kappa shape index (κ2) is 6.18. The Morgan fingerprint density at radius 2 is 2.28 bits per heavy atom. The SMILES string of the molecule is CCC1CCN(C(CN)c2ccc(C)c(Br)c2)C1. The molecule has 1 aliphatic rings. The standard InChI is InChI=1S/C15H23BrN2/c1-3-12-6-7-18(10-12)15(9-17)13-5-4-11(2)14(16)8-13/h4-5,8,12,15H,3,6-7,9-10,17H2,1-2H3. The molecule has 2 unspecified atom stereocenters. The zero-order chi connectivity index (χ0) is 13.1. The third-order valence-electron chi connectivity index (χ3n) is 4.14. The zero-order valence-electron chi connectivity index (χ0n) is 11.3. The van der Waals surface area contributed by atoms with Crippen molar-refractivity contribution in [2.24, 2.45) is 11.7 Å². The van der Waals surface area contributed by atoms with Crippen LogP contribution >= 0.6 is 15.9 Å². The molecular formula is C15H23BrN2. The highest BCUT2D eigenvalue weighted by molar-refractivity contribution is 9.10. The summed E-state index contributed by atoms with van der Waals surface area (Å²) in [5.41, 5.74) is 8.62. The molecule has 0 spiro atoms. The van der Waals surface area contributed by atoms with E-state index in [1.807, 2.05) is 0 Å². The number of aryl methyl sites for hydroxylation is 1. The van der Waals surface area contributed by atoms with Gasteiger partial charge in [0.2, 0.25) is 0 Å². The maximum absolute atomic E-state index is 6.00. The highest BCUT2D eigenvalue weighted by atomic mass is 79.9. The van der Waals surface area contributed by atoms with Crippen molar-refractivity contribution in [3.8, 4) is 0 Å². The van der Waals surface area contributed by atoms with Crippen molar-refractivity contribution >= 4 is 15.9 Å². The van der Waals surface area contributed by atoms with Gasteiger partial charge in [-0.1, -0.05) is 41.4 Å². The largest absolute Gasteiger partial charge is 0.329 e. The molecule has 1 aromatic rings. The molecule has 2 rings (SSSR count). The minimum absolute atomic E-state index is 0.374. The summed E-state index contributed by atoms with van der Waals surface area (Å²) < 4.78 is 1.18. The van der Waals surface area contributed by atoms with E-state index in [9.17, 15) is 0 Å². The van der Waals surface area contributed by atoms with Crippen LogP contribution < -0.4 is 5.73 Å². The van der Waals surface area contributed by atoms with Crippen molar-refractivity contribution in [3.63, 3.8) is 0 Å². The van der Waals surface area contributed by atoms with Crippen LogP contribution in [0.2, 0.25) is 0 Å². The molecule has 0 amide bonds. The molecule has 0 saturated carbocycles. The van der Waals surface area contributed by atoms with Crippen LogP contribution in [0.25, 0.3) is 0 Å². The molecule has 1 fully saturated rings. The highest BCUT2D eigenvalue weighted by Crippen LogP contribution is 2.30. The van der Waals surface area contributed by atoms with E-state index in [1.165, 1.54) is 41.5 Å². The van der Waals surface area contributed by atoms with E-state index in [1.54, 1.807) is 0 Å². The van der Waals surface area contributed by atoms with Gasteiger partial charge in [0.25, 0.3) is 0 Å². The van der Waals surface area contributed by atoms with Crippen molar-refractivity contribution in [2.75, 3.05) is 19.6 Å². The van der Waals surface area contributed by atoms with Gasteiger partial charge in [-0.05, 0) is 43.0 Å². The molecule has 1 heterocycles. The monoisotopic (exact) mass is 310 g/mol. The fraction of sp³-hybridized carbons (Fsp3) is 0.600. The van der Waals surface area contributed by atoms with E-state index in [-0.39, 0.29) is 0 Å². The molecule has 2 atom stereocenters. The van der Waals surface area contributed by atoms with Crippen LogP contribution in [0, 0.1) is 12.8 Å². The number of nitrogens with zero attached hydrogens (tertiary/aromatic N) is 1. The predicted molar refractivity (Wildman–Crippen MR) is 80.6 cm³/mol. The number of hydrogen-bond donors (Lipinski definition) is 1. The second-order valence-electron chi connectivity index (χ2n) is 5.32. The smallest absolute Gasteiger partial charge is 0.0470 e. The molecule has 0 radical (unpaired) electrons. The van der Waals surface area contributed by atoms with Gasteiger partial charge in [0.1, 0.15) is 0 Å². The zero-order valence-corrected chi connectivity index (χ0v) is 12.9. The summed E-state index contributed by atoms with van der Waals surface area (Å²) in [7, 11) is 0. The normalized spacial score (nSPS) is 22.3. The average molecular weight is 311 g/mol. The molecular weight excluding hydrogens is 288 g/mol. The Kier molecular flexibility index (Phi) is 4.82. The van der Waals surface area contributed by atoms with E-state index < -0.39 is 0 Å². The van der Waals surface area contributed by atoms with Crippen molar-refractivity contribution in [2.45, 2.75) is 32.7 Å². The Morgan fingerprint density at radius 3 is 2.83 bits per heavy atom. The van der Waals surface area contributed by atoms with Crippen LogP contribution in [0.3, 0.4) is 0 Å². The van der Waals surface area contributed by atoms with E-state index in [4.69, 9.17) is 5.73 Å². The van der Waals surface area contributed by atoms with Gasteiger partial charge in [-0.3, -0.25) is 4.90 Å². The maximum Gasteiger partial charge on any atom is 0.0470 e. The van der Waals surface area contributed by atoms with Gasteiger partial charge >= 0.3 is 0 Å². The number of benzene rings is 1. The number of halogens is 1. The number of nitrogens with two attached hydrogens (primary N) is 1. The van der Waals surface area contributed by atoms with Gasteiger partial charge in [0, 0.05) is 23.6 Å². The Hall–Kier alpha value is -0.380. The van der Waals surface area contributed by atoms with Crippen LogP contribution in [0.15, 0.2) is 22.7 Å². The molecule has 100 valence electrons. The van der Waals surface area contributed by atoms with Gasteiger partial charge in [-0.15, -0.1) is 0 Å². The van der Waals surface area contributed by atoms with Crippen molar-refractivity contribution in [3.05, 3.63) is 33.8 Å². The lowest BCUT2D eigenvalue weighted by atomic mass is 10.0. The summed E-state index contributed by atoms with van der Waals surface area (Å²) >= 11 is 3.62. The molecule has 1 aromatic carbocycles. The van der Waals surface area contributed by atoms with Gasteiger partial charge in [-0.2, -0.15) is 0 Å².